The molecule has 210 valence electrons. The van der Waals surface area contributed by atoms with Gasteiger partial charge < -0.3 is 9.80 Å². The molecule has 0 amide bonds. The van der Waals surface area contributed by atoms with E-state index < -0.39 is 0 Å². The van der Waals surface area contributed by atoms with Gasteiger partial charge in [0.2, 0.25) is 0 Å². The number of halogens is 1. The van der Waals surface area contributed by atoms with Crippen LogP contribution in [0, 0.1) is 0 Å². The van der Waals surface area contributed by atoms with Crippen LogP contribution in [0.4, 0.5) is 11.6 Å². The van der Waals surface area contributed by atoms with E-state index in [0.717, 1.165) is 99.5 Å². The van der Waals surface area contributed by atoms with E-state index in [1.54, 1.807) is 0 Å². The van der Waals surface area contributed by atoms with Gasteiger partial charge in [0.1, 0.15) is 11.6 Å². The summed E-state index contributed by atoms with van der Waals surface area (Å²) >= 11 is 0. The normalized spacial score (nSPS) is 16.7. The van der Waals surface area contributed by atoms with Gasteiger partial charge >= 0.3 is 0 Å². The van der Waals surface area contributed by atoms with Crippen LogP contribution in [0.3, 0.4) is 0 Å². The van der Waals surface area contributed by atoms with Crippen molar-refractivity contribution in [2.24, 2.45) is 0 Å². The predicted octanol–water partition coefficient (Wildman–Crippen LogP) is 4.64. The number of piperazine rings is 2. The smallest absolute Gasteiger partial charge is 0.128 e. The van der Waals surface area contributed by atoms with E-state index in [4.69, 9.17) is 9.97 Å². The molecule has 0 aliphatic carbocycles. The minimum Gasteiger partial charge on any atom is -0.354 e. The number of hydrogen-bond acceptors (Lipinski definition) is 8. The molecule has 2 aromatic carbocycles. The summed E-state index contributed by atoms with van der Waals surface area (Å²) in [5, 5.41) is 2.41. The van der Waals surface area contributed by atoms with Gasteiger partial charge in [0.15, 0.2) is 0 Å². The Bertz CT molecular complexity index is 1460. The monoisotopic (exact) mass is 566 g/mol. The van der Waals surface area contributed by atoms with Crippen LogP contribution >= 0.6 is 12.4 Å². The largest absolute Gasteiger partial charge is 0.354 e. The third-order valence-electron chi connectivity index (χ3n) is 8.12. The average Bonchev–Trinajstić information content (AvgIpc) is 3.02. The summed E-state index contributed by atoms with van der Waals surface area (Å²) in [4.78, 5) is 29.4. The molecule has 41 heavy (non-hydrogen) atoms. The van der Waals surface area contributed by atoms with E-state index in [0.29, 0.717) is 0 Å². The number of benzene rings is 2. The molecule has 0 atom stereocenters. The molecular weight excluding hydrogens is 532 g/mol. The fourth-order valence-corrected chi connectivity index (χ4v) is 5.84. The van der Waals surface area contributed by atoms with E-state index in [1.807, 2.05) is 24.5 Å². The number of rotatable bonds is 6. The lowest BCUT2D eigenvalue weighted by Gasteiger charge is -2.36. The molecule has 5 heterocycles. The molecule has 2 saturated heterocycles. The van der Waals surface area contributed by atoms with Crippen molar-refractivity contribution in [3.8, 4) is 0 Å². The van der Waals surface area contributed by atoms with Crippen molar-refractivity contribution in [2.75, 3.05) is 62.2 Å². The summed E-state index contributed by atoms with van der Waals surface area (Å²) in [6.45, 7) is 9.42. The first-order valence-electron chi connectivity index (χ1n) is 14.2. The zero-order chi connectivity index (χ0) is 26.7. The maximum absolute atomic E-state index is 5.25. The van der Waals surface area contributed by atoms with Crippen LogP contribution in [0.1, 0.15) is 11.4 Å². The van der Waals surface area contributed by atoms with Crippen molar-refractivity contribution in [1.29, 1.82) is 0 Å². The highest BCUT2D eigenvalue weighted by atomic mass is 35.5. The summed E-state index contributed by atoms with van der Waals surface area (Å²) in [5.41, 5.74) is 4.15. The predicted molar refractivity (Wildman–Crippen MR) is 168 cm³/mol. The van der Waals surface area contributed by atoms with Crippen molar-refractivity contribution in [1.82, 2.24) is 29.7 Å². The third-order valence-corrected chi connectivity index (χ3v) is 8.12. The molecule has 0 spiro atoms. The zero-order valence-electron chi connectivity index (χ0n) is 23.1. The van der Waals surface area contributed by atoms with Gasteiger partial charge in [-0.05, 0) is 47.2 Å². The summed E-state index contributed by atoms with van der Waals surface area (Å²) in [7, 11) is 0. The zero-order valence-corrected chi connectivity index (χ0v) is 24.0. The Kier molecular flexibility index (Phi) is 8.23. The number of fused-ring (bicyclic) bond motifs is 2. The lowest BCUT2D eigenvalue weighted by Crippen LogP contribution is -2.47. The minimum atomic E-state index is 0. The highest BCUT2D eigenvalue weighted by molar-refractivity contribution is 5.94. The minimum absolute atomic E-state index is 0. The summed E-state index contributed by atoms with van der Waals surface area (Å²) in [6.07, 6.45) is 3.75. The summed E-state index contributed by atoms with van der Waals surface area (Å²) in [6, 6.07) is 25.1. The van der Waals surface area contributed by atoms with Gasteiger partial charge in [-0.25, -0.2) is 19.9 Å². The Morgan fingerprint density at radius 2 is 0.927 bits per heavy atom. The number of nitrogens with zero attached hydrogens (tertiary/aromatic N) is 8. The Morgan fingerprint density at radius 3 is 1.32 bits per heavy atom. The van der Waals surface area contributed by atoms with Gasteiger partial charge in [-0.1, -0.05) is 36.4 Å². The van der Waals surface area contributed by atoms with Crippen LogP contribution in [0.15, 0.2) is 85.2 Å². The van der Waals surface area contributed by atoms with E-state index in [1.165, 1.54) is 10.8 Å². The summed E-state index contributed by atoms with van der Waals surface area (Å²) < 4.78 is 0. The second-order valence-electron chi connectivity index (χ2n) is 10.7. The fourth-order valence-electron chi connectivity index (χ4n) is 5.84. The highest BCUT2D eigenvalue weighted by Crippen LogP contribution is 2.24. The molecule has 2 aliphatic rings. The van der Waals surface area contributed by atoms with Crippen LogP contribution in [-0.4, -0.2) is 82.1 Å². The van der Waals surface area contributed by atoms with Gasteiger partial charge in [-0.3, -0.25) is 9.80 Å². The van der Waals surface area contributed by atoms with Crippen molar-refractivity contribution in [2.45, 2.75) is 13.1 Å². The maximum Gasteiger partial charge on any atom is 0.128 e. The molecular formula is C32H35ClN8. The second kappa shape index (κ2) is 12.3. The van der Waals surface area contributed by atoms with Crippen LogP contribution in [0.25, 0.3) is 21.8 Å². The van der Waals surface area contributed by atoms with Crippen LogP contribution < -0.4 is 9.80 Å². The molecule has 0 saturated carbocycles. The van der Waals surface area contributed by atoms with Crippen molar-refractivity contribution in [3.05, 3.63) is 96.6 Å². The quantitative estimate of drug-likeness (QED) is 0.276. The molecule has 8 nitrogen and oxygen atoms in total. The highest BCUT2D eigenvalue weighted by Gasteiger charge is 2.23. The van der Waals surface area contributed by atoms with E-state index in [-0.39, 0.29) is 12.4 Å². The number of hydrogen-bond donors (Lipinski definition) is 0. The average molecular weight is 567 g/mol. The van der Waals surface area contributed by atoms with Gasteiger partial charge in [0.05, 0.1) is 22.4 Å². The van der Waals surface area contributed by atoms with Crippen LogP contribution in [0.2, 0.25) is 0 Å². The fraction of sp³-hybridized carbons (Fsp3) is 0.312. The van der Waals surface area contributed by atoms with Crippen molar-refractivity contribution < 1.29 is 0 Å². The number of aromatic nitrogens is 4. The van der Waals surface area contributed by atoms with E-state index >= 15 is 0 Å². The second-order valence-corrected chi connectivity index (χ2v) is 10.7. The lowest BCUT2D eigenvalue weighted by molar-refractivity contribution is 0.232. The molecule has 9 heteroatoms. The van der Waals surface area contributed by atoms with Crippen LogP contribution in [-0.2, 0) is 13.1 Å². The van der Waals surface area contributed by atoms with Crippen molar-refractivity contribution >= 4 is 45.8 Å². The molecule has 7 rings (SSSR count). The molecule has 5 aromatic rings. The molecule has 0 radical (unpaired) electrons. The van der Waals surface area contributed by atoms with Crippen LogP contribution in [0.5, 0.6) is 0 Å². The van der Waals surface area contributed by atoms with Crippen molar-refractivity contribution in [3.63, 3.8) is 0 Å². The van der Waals surface area contributed by atoms with Gasteiger partial charge in [0.25, 0.3) is 0 Å². The van der Waals surface area contributed by atoms with Gasteiger partial charge in [0, 0.05) is 77.8 Å². The number of pyridine rings is 2. The molecule has 0 bridgehead atoms. The Hall–Kier alpha value is -3.85. The Labute approximate surface area is 247 Å². The topological polar surface area (TPSA) is 64.5 Å². The molecule has 3 aromatic heterocycles. The Morgan fingerprint density at radius 1 is 0.512 bits per heavy atom. The SMILES string of the molecule is Cl.c1ccc(N2CCN(Cc3nc4cc5ccccc5cc4nc3CN3CCN(c4ccccn4)CC3)CC2)nc1. The first-order chi connectivity index (χ1) is 19.8. The lowest BCUT2D eigenvalue weighted by atomic mass is 10.1. The first kappa shape index (κ1) is 27.3. The molecule has 0 N–H and O–H groups in total. The molecule has 0 unspecified atom stereocenters. The Balaban J connectivity index is 0.00000302. The maximum atomic E-state index is 5.25. The molecule has 2 fully saturated rings. The first-order valence-corrected chi connectivity index (χ1v) is 14.2. The van der Waals surface area contributed by atoms with Gasteiger partial charge in [-0.15, -0.1) is 12.4 Å². The third kappa shape index (κ3) is 6.10. The molecule has 2 aliphatic heterocycles. The van der Waals surface area contributed by atoms with Gasteiger partial charge in [-0.2, -0.15) is 0 Å². The van der Waals surface area contributed by atoms with E-state index in [2.05, 4.69) is 90.2 Å². The summed E-state index contributed by atoms with van der Waals surface area (Å²) in [5.74, 6) is 2.12. The number of anilines is 2. The standard InChI is InChI=1S/C32H34N8.ClH/c1-2-8-26-22-28-27(21-25(26)7-1)35-29(23-37-13-17-39(18-14-37)31-9-3-5-11-33-31)30(36-28)24-38-15-19-40(20-16-38)32-10-4-6-12-34-32;/h1-12,21-22H,13-20,23-24H2;1H. The van der Waals surface area contributed by atoms with E-state index in [9.17, 15) is 0 Å².